The van der Waals surface area contributed by atoms with Gasteiger partial charge in [-0.3, -0.25) is 0 Å². The highest BCUT2D eigenvalue weighted by molar-refractivity contribution is 5.84. The van der Waals surface area contributed by atoms with Gasteiger partial charge in [0.05, 0.1) is 0 Å². The maximum atomic E-state index is 6.03. The van der Waals surface area contributed by atoms with Gasteiger partial charge in [-0.25, -0.2) is 0 Å². The molecule has 0 aliphatic heterocycles. The molecule has 2 heteroatoms. The van der Waals surface area contributed by atoms with Crippen LogP contribution < -0.4 is 5.73 Å². The molecule has 2 nitrogen and oxygen atoms in total. The van der Waals surface area contributed by atoms with Crippen molar-refractivity contribution >= 4 is 10.9 Å². The van der Waals surface area contributed by atoms with Crippen LogP contribution in [-0.4, -0.2) is 4.98 Å². The quantitative estimate of drug-likeness (QED) is 0.747. The molecule has 1 heterocycles. The molecule has 0 fully saturated rings. The number of hydrogen-bond donors (Lipinski definition) is 2. The van der Waals surface area contributed by atoms with Gasteiger partial charge in [0, 0.05) is 23.1 Å². The first-order chi connectivity index (χ1) is 6.72. The number of aryl methyl sites for hydroxylation is 1. The summed E-state index contributed by atoms with van der Waals surface area (Å²) in [5, 5.41) is 1.26. The third-order valence-electron chi connectivity index (χ3n) is 2.71. The zero-order valence-corrected chi connectivity index (χ0v) is 8.67. The lowest BCUT2D eigenvalue weighted by atomic mass is 10.0. The van der Waals surface area contributed by atoms with Crippen LogP contribution in [0.1, 0.15) is 30.5 Å². The van der Waals surface area contributed by atoms with Crippen molar-refractivity contribution in [3.8, 4) is 0 Å². The molecule has 3 N–H and O–H groups in total. The monoisotopic (exact) mass is 188 g/mol. The average molecular weight is 188 g/mol. The van der Waals surface area contributed by atoms with Crippen LogP contribution in [0.3, 0.4) is 0 Å². The fraction of sp³-hybridized carbons (Fsp3) is 0.333. The summed E-state index contributed by atoms with van der Waals surface area (Å²) in [5.41, 5.74) is 9.72. The van der Waals surface area contributed by atoms with Gasteiger partial charge in [-0.1, -0.05) is 18.6 Å². The number of aromatic amines is 1. The standard InChI is InChI=1S/C12H16N2/c1-3-11(13)10-7-14-12-5-4-8(2)6-9(10)12/h4-7,11,14H,3,13H2,1-2H3. The third-order valence-corrected chi connectivity index (χ3v) is 2.71. The van der Waals surface area contributed by atoms with Gasteiger partial charge in [0.1, 0.15) is 0 Å². The van der Waals surface area contributed by atoms with Crippen molar-refractivity contribution in [2.45, 2.75) is 26.3 Å². The summed E-state index contributed by atoms with van der Waals surface area (Å²) in [6.45, 7) is 4.22. The maximum absolute atomic E-state index is 6.03. The number of rotatable bonds is 2. The zero-order valence-electron chi connectivity index (χ0n) is 8.67. The highest BCUT2D eigenvalue weighted by Gasteiger charge is 2.09. The van der Waals surface area contributed by atoms with Gasteiger partial charge < -0.3 is 10.7 Å². The van der Waals surface area contributed by atoms with E-state index in [0.717, 1.165) is 6.42 Å². The predicted octanol–water partition coefficient (Wildman–Crippen LogP) is 2.89. The zero-order chi connectivity index (χ0) is 10.1. The number of benzene rings is 1. The van der Waals surface area contributed by atoms with Crippen LogP contribution in [-0.2, 0) is 0 Å². The molecule has 0 aliphatic carbocycles. The van der Waals surface area contributed by atoms with Gasteiger partial charge in [-0.05, 0) is 31.0 Å². The van der Waals surface area contributed by atoms with E-state index in [1.54, 1.807) is 0 Å². The van der Waals surface area contributed by atoms with Crippen molar-refractivity contribution in [3.05, 3.63) is 35.5 Å². The molecule has 0 aliphatic rings. The number of hydrogen-bond acceptors (Lipinski definition) is 1. The lowest BCUT2D eigenvalue weighted by molar-refractivity contribution is 0.704. The second-order valence-corrected chi connectivity index (χ2v) is 3.81. The minimum atomic E-state index is 0.144. The highest BCUT2D eigenvalue weighted by atomic mass is 14.7. The molecule has 1 atom stereocenters. The smallest absolute Gasteiger partial charge is 0.0457 e. The second kappa shape index (κ2) is 3.46. The van der Waals surface area contributed by atoms with Crippen molar-refractivity contribution in [2.24, 2.45) is 5.73 Å². The Morgan fingerprint density at radius 3 is 2.93 bits per heavy atom. The van der Waals surface area contributed by atoms with Gasteiger partial charge in [0.25, 0.3) is 0 Å². The van der Waals surface area contributed by atoms with Gasteiger partial charge in [-0.15, -0.1) is 0 Å². The summed E-state index contributed by atoms with van der Waals surface area (Å²) >= 11 is 0. The topological polar surface area (TPSA) is 41.8 Å². The second-order valence-electron chi connectivity index (χ2n) is 3.81. The molecule has 0 spiro atoms. The molecule has 14 heavy (non-hydrogen) atoms. The molecule has 0 amide bonds. The van der Waals surface area contributed by atoms with E-state index in [9.17, 15) is 0 Å². The average Bonchev–Trinajstić information content (AvgIpc) is 2.59. The van der Waals surface area contributed by atoms with Crippen LogP contribution in [0.5, 0.6) is 0 Å². The number of nitrogens with two attached hydrogens (primary N) is 1. The lowest BCUT2D eigenvalue weighted by Crippen LogP contribution is -2.07. The lowest BCUT2D eigenvalue weighted by Gasteiger charge is -2.06. The Bertz CT molecular complexity index is 443. The van der Waals surface area contributed by atoms with E-state index < -0.39 is 0 Å². The van der Waals surface area contributed by atoms with Crippen LogP contribution in [0.4, 0.5) is 0 Å². The molecular formula is C12H16N2. The SMILES string of the molecule is CCC(N)c1c[nH]c2ccc(C)cc12. The molecule has 0 radical (unpaired) electrons. The van der Waals surface area contributed by atoms with Crippen LogP contribution in [0.2, 0.25) is 0 Å². The van der Waals surface area contributed by atoms with Crippen LogP contribution in [0, 0.1) is 6.92 Å². The number of aromatic nitrogens is 1. The minimum absolute atomic E-state index is 0.144. The van der Waals surface area contributed by atoms with Crippen molar-refractivity contribution < 1.29 is 0 Å². The Morgan fingerprint density at radius 1 is 1.43 bits per heavy atom. The van der Waals surface area contributed by atoms with Gasteiger partial charge in [0.2, 0.25) is 0 Å². The Balaban J connectivity index is 2.61. The van der Waals surface area contributed by atoms with E-state index in [1.807, 2.05) is 6.20 Å². The van der Waals surface area contributed by atoms with Crippen molar-refractivity contribution in [3.63, 3.8) is 0 Å². The molecule has 74 valence electrons. The molecule has 0 bridgehead atoms. The van der Waals surface area contributed by atoms with E-state index in [2.05, 4.69) is 37.0 Å². The van der Waals surface area contributed by atoms with Crippen molar-refractivity contribution in [1.29, 1.82) is 0 Å². The van der Waals surface area contributed by atoms with E-state index in [0.29, 0.717) is 0 Å². The summed E-state index contributed by atoms with van der Waals surface area (Å²) in [4.78, 5) is 3.25. The molecule has 0 saturated carbocycles. The van der Waals surface area contributed by atoms with Gasteiger partial charge >= 0.3 is 0 Å². The number of nitrogens with one attached hydrogen (secondary N) is 1. The fourth-order valence-electron chi connectivity index (χ4n) is 1.78. The van der Waals surface area contributed by atoms with Gasteiger partial charge in [-0.2, -0.15) is 0 Å². The minimum Gasteiger partial charge on any atom is -0.361 e. The first-order valence-electron chi connectivity index (χ1n) is 5.05. The summed E-state index contributed by atoms with van der Waals surface area (Å²) in [5.74, 6) is 0. The van der Waals surface area contributed by atoms with Crippen LogP contribution >= 0.6 is 0 Å². The summed E-state index contributed by atoms with van der Waals surface area (Å²) in [6, 6.07) is 6.55. The normalized spacial score (nSPS) is 13.4. The number of fused-ring (bicyclic) bond motifs is 1. The Morgan fingerprint density at radius 2 is 2.21 bits per heavy atom. The molecule has 1 unspecified atom stereocenters. The van der Waals surface area contributed by atoms with Gasteiger partial charge in [0.15, 0.2) is 0 Å². The molecule has 0 saturated heterocycles. The molecule has 2 rings (SSSR count). The first kappa shape index (κ1) is 9.28. The molecular weight excluding hydrogens is 172 g/mol. The third kappa shape index (κ3) is 1.42. The Hall–Kier alpha value is -1.28. The summed E-state index contributed by atoms with van der Waals surface area (Å²) in [6.07, 6.45) is 3.00. The largest absolute Gasteiger partial charge is 0.361 e. The molecule has 2 aromatic rings. The van der Waals surface area contributed by atoms with Crippen molar-refractivity contribution in [2.75, 3.05) is 0 Å². The van der Waals surface area contributed by atoms with Crippen molar-refractivity contribution in [1.82, 2.24) is 4.98 Å². The maximum Gasteiger partial charge on any atom is 0.0457 e. The van der Waals surface area contributed by atoms with E-state index >= 15 is 0 Å². The Labute approximate surface area is 84.1 Å². The Kier molecular flexibility index (Phi) is 2.30. The number of H-pyrrole nitrogens is 1. The van der Waals surface area contributed by atoms with E-state index in [-0.39, 0.29) is 6.04 Å². The molecule has 1 aromatic heterocycles. The van der Waals surface area contributed by atoms with E-state index in [4.69, 9.17) is 5.73 Å². The van der Waals surface area contributed by atoms with Crippen LogP contribution in [0.15, 0.2) is 24.4 Å². The summed E-state index contributed by atoms with van der Waals surface area (Å²) in [7, 11) is 0. The molecule has 1 aromatic carbocycles. The first-order valence-corrected chi connectivity index (χ1v) is 5.05. The fourth-order valence-corrected chi connectivity index (χ4v) is 1.78. The van der Waals surface area contributed by atoms with E-state index in [1.165, 1.54) is 22.0 Å². The predicted molar refractivity (Wildman–Crippen MR) is 60.3 cm³/mol. The highest BCUT2D eigenvalue weighted by Crippen LogP contribution is 2.25. The summed E-state index contributed by atoms with van der Waals surface area (Å²) < 4.78 is 0. The van der Waals surface area contributed by atoms with Crippen LogP contribution in [0.25, 0.3) is 10.9 Å².